The standard InChI is InChI=1S/C6H13N3O3S/c1-7-6(13)8-9-4(10)2-12-3-5(9)11/h4-5,10-11H,2-3H2,1H3,(H2,7,8,13). The summed E-state index contributed by atoms with van der Waals surface area (Å²) < 4.78 is 4.89. The highest BCUT2D eigenvalue weighted by Gasteiger charge is 2.28. The number of hydrazine groups is 1. The Hall–Kier alpha value is -0.470. The lowest BCUT2D eigenvalue weighted by Gasteiger charge is -2.36. The molecule has 1 rings (SSSR count). The molecule has 1 aliphatic heterocycles. The Labute approximate surface area is 81.4 Å². The molecular weight excluding hydrogens is 194 g/mol. The molecule has 0 spiro atoms. The second-order valence-corrected chi connectivity index (χ2v) is 3.01. The fraction of sp³-hybridized carbons (Fsp3) is 0.833. The van der Waals surface area contributed by atoms with Crippen molar-refractivity contribution in [1.29, 1.82) is 0 Å². The van der Waals surface area contributed by atoms with E-state index >= 15 is 0 Å². The SMILES string of the molecule is CNC(=S)NN1C(O)COCC1O. The number of thiocarbonyl (C=S) groups is 1. The van der Waals surface area contributed by atoms with Crippen molar-refractivity contribution in [3.63, 3.8) is 0 Å². The lowest BCUT2D eigenvalue weighted by atomic mass is 10.4. The quantitative estimate of drug-likeness (QED) is 0.369. The van der Waals surface area contributed by atoms with Crippen LogP contribution in [-0.2, 0) is 4.74 Å². The van der Waals surface area contributed by atoms with Crippen molar-refractivity contribution in [2.75, 3.05) is 20.3 Å². The van der Waals surface area contributed by atoms with Crippen molar-refractivity contribution in [3.8, 4) is 0 Å². The maximum absolute atomic E-state index is 9.37. The molecule has 0 aromatic heterocycles. The van der Waals surface area contributed by atoms with Crippen molar-refractivity contribution >= 4 is 17.3 Å². The first-order valence-electron chi connectivity index (χ1n) is 3.85. The van der Waals surface area contributed by atoms with Gasteiger partial charge in [-0.15, -0.1) is 0 Å². The number of hydrogen-bond acceptors (Lipinski definition) is 5. The van der Waals surface area contributed by atoms with E-state index in [1.165, 1.54) is 5.01 Å². The summed E-state index contributed by atoms with van der Waals surface area (Å²) in [6, 6.07) is 0. The van der Waals surface area contributed by atoms with Gasteiger partial charge in [-0.1, -0.05) is 0 Å². The summed E-state index contributed by atoms with van der Waals surface area (Å²) in [6.45, 7) is 0.298. The van der Waals surface area contributed by atoms with Gasteiger partial charge in [0.15, 0.2) is 5.11 Å². The van der Waals surface area contributed by atoms with Crippen molar-refractivity contribution in [3.05, 3.63) is 0 Å². The largest absolute Gasteiger partial charge is 0.374 e. The maximum Gasteiger partial charge on any atom is 0.180 e. The van der Waals surface area contributed by atoms with Crippen LogP contribution in [-0.4, -0.2) is 53.1 Å². The van der Waals surface area contributed by atoms with Crippen LogP contribution >= 0.6 is 12.2 Å². The molecule has 76 valence electrons. The maximum atomic E-state index is 9.37. The van der Waals surface area contributed by atoms with Crippen LogP contribution in [0.15, 0.2) is 0 Å². The Bertz CT molecular complexity index is 182. The number of ether oxygens (including phenoxy) is 1. The van der Waals surface area contributed by atoms with Crippen molar-refractivity contribution in [2.24, 2.45) is 0 Å². The molecule has 1 aliphatic rings. The monoisotopic (exact) mass is 207 g/mol. The first-order valence-corrected chi connectivity index (χ1v) is 4.26. The van der Waals surface area contributed by atoms with Crippen molar-refractivity contribution in [1.82, 2.24) is 15.8 Å². The summed E-state index contributed by atoms with van der Waals surface area (Å²) in [5.74, 6) is 0. The number of rotatable bonds is 1. The van der Waals surface area contributed by atoms with Crippen LogP contribution in [0.5, 0.6) is 0 Å². The van der Waals surface area contributed by atoms with E-state index in [-0.39, 0.29) is 13.2 Å². The van der Waals surface area contributed by atoms with Crippen LogP contribution < -0.4 is 10.7 Å². The number of aliphatic hydroxyl groups is 2. The summed E-state index contributed by atoms with van der Waals surface area (Å²) in [5.41, 5.74) is 2.64. The van der Waals surface area contributed by atoms with Gasteiger partial charge >= 0.3 is 0 Å². The van der Waals surface area contributed by atoms with Crippen LogP contribution in [0.4, 0.5) is 0 Å². The van der Waals surface area contributed by atoms with E-state index in [9.17, 15) is 10.2 Å². The number of nitrogens with one attached hydrogen (secondary N) is 2. The molecule has 1 fully saturated rings. The lowest BCUT2D eigenvalue weighted by Crippen LogP contribution is -2.61. The third kappa shape index (κ3) is 2.75. The third-order valence-electron chi connectivity index (χ3n) is 1.63. The molecule has 13 heavy (non-hydrogen) atoms. The Morgan fingerprint density at radius 2 is 2.00 bits per heavy atom. The molecule has 2 atom stereocenters. The average molecular weight is 207 g/mol. The number of hydrogen-bond donors (Lipinski definition) is 4. The predicted molar refractivity (Wildman–Crippen MR) is 49.5 cm³/mol. The molecule has 0 radical (unpaired) electrons. The number of nitrogens with zero attached hydrogens (tertiary/aromatic N) is 1. The minimum absolute atomic E-state index is 0.149. The second kappa shape index (κ2) is 4.68. The molecule has 0 aromatic carbocycles. The van der Waals surface area contributed by atoms with Crippen LogP contribution in [0.25, 0.3) is 0 Å². The summed E-state index contributed by atoms with van der Waals surface area (Å²) in [7, 11) is 1.65. The highest BCUT2D eigenvalue weighted by molar-refractivity contribution is 7.80. The first kappa shape index (κ1) is 10.6. The molecule has 0 aromatic rings. The summed E-state index contributed by atoms with van der Waals surface area (Å²) in [5, 5.41) is 23.0. The Morgan fingerprint density at radius 1 is 1.46 bits per heavy atom. The van der Waals surface area contributed by atoms with Gasteiger partial charge in [0.1, 0.15) is 12.5 Å². The molecule has 0 bridgehead atoms. The molecule has 1 saturated heterocycles. The van der Waals surface area contributed by atoms with Gasteiger partial charge in [0.2, 0.25) is 0 Å². The average Bonchev–Trinajstić information content (AvgIpc) is 2.11. The molecule has 0 aliphatic carbocycles. The normalized spacial score (nSPS) is 29.8. The zero-order valence-electron chi connectivity index (χ0n) is 7.23. The van der Waals surface area contributed by atoms with E-state index in [0.717, 1.165) is 0 Å². The van der Waals surface area contributed by atoms with Crippen LogP contribution in [0, 0.1) is 0 Å². The van der Waals surface area contributed by atoms with E-state index in [4.69, 9.17) is 17.0 Å². The van der Waals surface area contributed by atoms with E-state index in [1.54, 1.807) is 7.05 Å². The third-order valence-corrected chi connectivity index (χ3v) is 1.93. The van der Waals surface area contributed by atoms with Gasteiger partial charge in [0.05, 0.1) is 13.2 Å². The van der Waals surface area contributed by atoms with Gasteiger partial charge in [-0.3, -0.25) is 5.43 Å². The molecule has 1 heterocycles. The first-order chi connectivity index (χ1) is 6.15. The molecule has 4 N–H and O–H groups in total. The molecule has 6 nitrogen and oxygen atoms in total. The van der Waals surface area contributed by atoms with Crippen molar-refractivity contribution in [2.45, 2.75) is 12.5 Å². The minimum atomic E-state index is -0.893. The van der Waals surface area contributed by atoms with Crippen LogP contribution in [0.3, 0.4) is 0 Å². The molecule has 0 saturated carbocycles. The summed E-state index contributed by atoms with van der Waals surface area (Å²) >= 11 is 4.82. The Kier molecular flexibility index (Phi) is 3.82. The highest BCUT2D eigenvalue weighted by Crippen LogP contribution is 2.05. The highest BCUT2D eigenvalue weighted by atomic mass is 32.1. The second-order valence-electron chi connectivity index (χ2n) is 2.60. The fourth-order valence-electron chi connectivity index (χ4n) is 0.960. The zero-order chi connectivity index (χ0) is 9.84. The Morgan fingerprint density at radius 3 is 2.46 bits per heavy atom. The van der Waals surface area contributed by atoms with Gasteiger partial charge in [-0.25, -0.2) is 0 Å². The molecule has 7 heteroatoms. The van der Waals surface area contributed by atoms with E-state index in [0.29, 0.717) is 5.11 Å². The van der Waals surface area contributed by atoms with Gasteiger partial charge in [-0.2, -0.15) is 5.01 Å². The van der Waals surface area contributed by atoms with E-state index < -0.39 is 12.5 Å². The zero-order valence-corrected chi connectivity index (χ0v) is 8.04. The van der Waals surface area contributed by atoms with Gasteiger partial charge in [-0.05, 0) is 12.2 Å². The Balaban J connectivity index is 2.48. The van der Waals surface area contributed by atoms with Crippen LogP contribution in [0.2, 0.25) is 0 Å². The predicted octanol–water partition coefficient (Wildman–Crippen LogP) is -2.04. The fourth-order valence-corrected chi connectivity index (χ4v) is 1.07. The number of aliphatic hydroxyl groups excluding tert-OH is 2. The molecular formula is C6H13N3O3S. The topological polar surface area (TPSA) is 77.0 Å². The van der Waals surface area contributed by atoms with Crippen molar-refractivity contribution < 1.29 is 14.9 Å². The summed E-state index contributed by atoms with van der Waals surface area (Å²) in [6.07, 6.45) is -1.79. The lowest BCUT2D eigenvalue weighted by molar-refractivity contribution is -0.207. The molecule has 2 unspecified atom stereocenters. The smallest absolute Gasteiger partial charge is 0.180 e. The number of morpholine rings is 1. The minimum Gasteiger partial charge on any atom is -0.374 e. The van der Waals surface area contributed by atoms with Gasteiger partial charge < -0.3 is 20.3 Å². The van der Waals surface area contributed by atoms with E-state index in [1.807, 2.05) is 0 Å². The molecule has 0 amide bonds. The van der Waals surface area contributed by atoms with E-state index in [2.05, 4.69) is 10.7 Å². The van der Waals surface area contributed by atoms with Gasteiger partial charge in [0.25, 0.3) is 0 Å². The van der Waals surface area contributed by atoms with Gasteiger partial charge in [0, 0.05) is 7.05 Å². The summed E-state index contributed by atoms with van der Waals surface area (Å²) in [4.78, 5) is 0. The van der Waals surface area contributed by atoms with Crippen LogP contribution in [0.1, 0.15) is 0 Å².